The minimum Gasteiger partial charge on any atom is -0.457 e. The van der Waals surface area contributed by atoms with Crippen molar-refractivity contribution in [2.45, 2.75) is 52.2 Å². The molecule has 0 saturated carbocycles. The number of halogens is 2. The molecule has 41 heavy (non-hydrogen) atoms. The first-order chi connectivity index (χ1) is 19.4. The van der Waals surface area contributed by atoms with Crippen LogP contribution in [0.5, 0.6) is 11.5 Å². The summed E-state index contributed by atoms with van der Waals surface area (Å²) in [5, 5.41) is 3.60. The monoisotopic (exact) mass is 619 g/mol. The van der Waals surface area contributed by atoms with Crippen LogP contribution in [0.1, 0.15) is 39.2 Å². The number of hydrogen-bond acceptors (Lipinski definition) is 5. The summed E-state index contributed by atoms with van der Waals surface area (Å²) in [4.78, 5) is 28.5. The van der Waals surface area contributed by atoms with Crippen molar-refractivity contribution in [1.82, 2.24) is 10.2 Å². The lowest BCUT2D eigenvalue weighted by atomic mass is 10.1. The van der Waals surface area contributed by atoms with E-state index in [1.54, 1.807) is 61.5 Å². The fourth-order valence-electron chi connectivity index (χ4n) is 4.13. The van der Waals surface area contributed by atoms with Gasteiger partial charge in [-0.25, -0.2) is 8.42 Å². The molecule has 0 fully saturated rings. The lowest BCUT2D eigenvalue weighted by molar-refractivity contribution is -0.140. The number of carbonyl (C=O) groups excluding carboxylic acids is 2. The molecule has 0 unspecified atom stereocenters. The van der Waals surface area contributed by atoms with Crippen molar-refractivity contribution in [2.24, 2.45) is 0 Å². The van der Waals surface area contributed by atoms with Gasteiger partial charge in [-0.15, -0.1) is 0 Å². The van der Waals surface area contributed by atoms with Gasteiger partial charge in [0.05, 0.1) is 11.9 Å². The topological polar surface area (TPSA) is 96.0 Å². The highest BCUT2D eigenvalue weighted by molar-refractivity contribution is 7.92. The van der Waals surface area contributed by atoms with E-state index in [1.807, 2.05) is 32.0 Å². The summed E-state index contributed by atoms with van der Waals surface area (Å²) in [6, 6.07) is 19.5. The Balaban J connectivity index is 1.94. The number of nitrogens with one attached hydrogen (secondary N) is 1. The van der Waals surface area contributed by atoms with Crippen LogP contribution >= 0.6 is 23.2 Å². The second kappa shape index (κ2) is 14.6. The van der Waals surface area contributed by atoms with E-state index in [0.29, 0.717) is 39.9 Å². The number of hydrogen-bond donors (Lipinski definition) is 1. The summed E-state index contributed by atoms with van der Waals surface area (Å²) in [6.07, 6.45) is 2.02. The number of amides is 2. The first kappa shape index (κ1) is 32.2. The second-order valence-corrected chi connectivity index (χ2v) is 12.4. The molecular weight excluding hydrogens is 585 g/mol. The summed E-state index contributed by atoms with van der Waals surface area (Å²) < 4.78 is 32.6. The predicted octanol–water partition coefficient (Wildman–Crippen LogP) is 6.27. The summed E-state index contributed by atoms with van der Waals surface area (Å²) in [5.74, 6) is 0.210. The van der Waals surface area contributed by atoms with Crippen molar-refractivity contribution in [1.29, 1.82) is 0 Å². The SMILES string of the molecule is CC[C@H](C(=O)N[C@@H](C)CC)N(Cc1c(Cl)cccc1Cl)C(=O)CN(c1ccc(Oc2ccccc2)cc1)S(C)(=O)=O. The third-order valence-electron chi connectivity index (χ3n) is 6.56. The molecule has 11 heteroatoms. The van der Waals surface area contributed by atoms with Gasteiger partial charge >= 0.3 is 0 Å². The number of ether oxygens (including phenoxy) is 1. The van der Waals surface area contributed by atoms with Crippen LogP contribution in [-0.2, 0) is 26.2 Å². The van der Waals surface area contributed by atoms with Gasteiger partial charge < -0.3 is 15.0 Å². The third-order valence-corrected chi connectivity index (χ3v) is 8.41. The standard InChI is InChI=1S/C30H35Cl2N3O5S/c1-5-21(3)33-30(37)28(6-2)34(19-25-26(31)13-10-14-27(25)32)29(36)20-35(41(4,38)39)22-15-17-24(18-16-22)40-23-11-8-7-9-12-23/h7-18,21,28H,5-6,19-20H2,1-4H3,(H,33,37)/t21-,28+/m0/s1. The van der Waals surface area contributed by atoms with Gasteiger partial charge in [0, 0.05) is 28.2 Å². The Kier molecular flexibility index (Phi) is 11.5. The van der Waals surface area contributed by atoms with E-state index >= 15 is 0 Å². The fraction of sp³-hybridized carbons (Fsp3) is 0.333. The molecule has 0 aliphatic rings. The van der Waals surface area contributed by atoms with E-state index in [4.69, 9.17) is 27.9 Å². The van der Waals surface area contributed by atoms with Gasteiger partial charge in [0.25, 0.3) is 0 Å². The number of benzene rings is 3. The molecule has 0 spiro atoms. The minimum atomic E-state index is -3.89. The zero-order valence-electron chi connectivity index (χ0n) is 23.5. The first-order valence-electron chi connectivity index (χ1n) is 13.3. The highest BCUT2D eigenvalue weighted by Crippen LogP contribution is 2.29. The van der Waals surface area contributed by atoms with Crippen LogP contribution in [0.4, 0.5) is 5.69 Å². The van der Waals surface area contributed by atoms with Gasteiger partial charge in [0.15, 0.2) is 0 Å². The molecule has 1 N–H and O–H groups in total. The fourth-order valence-corrected chi connectivity index (χ4v) is 5.50. The molecule has 0 aliphatic carbocycles. The van der Waals surface area contributed by atoms with Gasteiger partial charge in [-0.1, -0.05) is 61.3 Å². The van der Waals surface area contributed by atoms with Crippen LogP contribution in [0, 0.1) is 0 Å². The number of para-hydroxylation sites is 1. The van der Waals surface area contributed by atoms with E-state index in [9.17, 15) is 18.0 Å². The van der Waals surface area contributed by atoms with Crippen molar-refractivity contribution in [3.63, 3.8) is 0 Å². The Morgan fingerprint density at radius 1 is 0.878 bits per heavy atom. The highest BCUT2D eigenvalue weighted by atomic mass is 35.5. The predicted molar refractivity (Wildman–Crippen MR) is 164 cm³/mol. The molecule has 0 aliphatic heterocycles. The van der Waals surface area contributed by atoms with Crippen LogP contribution in [0.3, 0.4) is 0 Å². The molecule has 3 rings (SSSR count). The molecule has 8 nitrogen and oxygen atoms in total. The second-order valence-electron chi connectivity index (χ2n) is 9.64. The number of carbonyl (C=O) groups is 2. The van der Waals surface area contributed by atoms with Crippen molar-refractivity contribution in [2.75, 3.05) is 17.1 Å². The molecule has 2 atom stereocenters. The van der Waals surface area contributed by atoms with Crippen LogP contribution in [0.15, 0.2) is 72.8 Å². The zero-order chi connectivity index (χ0) is 30.2. The summed E-state index contributed by atoms with van der Waals surface area (Å²) in [5.41, 5.74) is 0.737. The molecular formula is C30H35Cl2N3O5S. The molecule has 220 valence electrons. The highest BCUT2D eigenvalue weighted by Gasteiger charge is 2.33. The van der Waals surface area contributed by atoms with Gasteiger partial charge in [-0.3, -0.25) is 13.9 Å². The number of nitrogens with zero attached hydrogens (tertiary/aromatic N) is 2. The van der Waals surface area contributed by atoms with Crippen molar-refractivity contribution < 1.29 is 22.7 Å². The Labute approximate surface area is 252 Å². The first-order valence-corrected chi connectivity index (χ1v) is 15.9. The lowest BCUT2D eigenvalue weighted by Crippen LogP contribution is -2.53. The van der Waals surface area contributed by atoms with Crippen LogP contribution in [0.2, 0.25) is 10.0 Å². The summed E-state index contributed by atoms with van der Waals surface area (Å²) in [6.45, 7) is 4.99. The average molecular weight is 621 g/mol. The molecule has 3 aromatic carbocycles. The molecule has 0 aromatic heterocycles. The zero-order valence-corrected chi connectivity index (χ0v) is 25.8. The Morgan fingerprint density at radius 3 is 2.00 bits per heavy atom. The quantitative estimate of drug-likeness (QED) is 0.243. The molecule has 0 heterocycles. The van der Waals surface area contributed by atoms with E-state index in [-0.39, 0.29) is 24.2 Å². The van der Waals surface area contributed by atoms with Crippen molar-refractivity contribution in [3.05, 3.63) is 88.4 Å². The molecule has 0 bridgehead atoms. The number of sulfonamides is 1. The van der Waals surface area contributed by atoms with Crippen molar-refractivity contribution >= 4 is 50.7 Å². The van der Waals surface area contributed by atoms with Gasteiger partial charge in [-0.05, 0) is 68.3 Å². The summed E-state index contributed by atoms with van der Waals surface area (Å²) >= 11 is 12.8. The molecule has 3 aromatic rings. The normalized spacial score (nSPS) is 12.7. The molecule has 0 radical (unpaired) electrons. The molecule has 0 saturated heterocycles. The largest absolute Gasteiger partial charge is 0.457 e. The number of rotatable bonds is 13. The van der Waals surface area contributed by atoms with Crippen LogP contribution < -0.4 is 14.4 Å². The van der Waals surface area contributed by atoms with Gasteiger partial charge in [-0.2, -0.15) is 0 Å². The maximum absolute atomic E-state index is 13.9. The van der Waals surface area contributed by atoms with Crippen LogP contribution in [0.25, 0.3) is 0 Å². The number of anilines is 1. The van der Waals surface area contributed by atoms with Gasteiger partial charge in [0.1, 0.15) is 24.1 Å². The van der Waals surface area contributed by atoms with E-state index in [0.717, 1.165) is 10.6 Å². The Bertz CT molecular complexity index is 1420. The Morgan fingerprint density at radius 2 is 1.46 bits per heavy atom. The molecule has 2 amide bonds. The summed E-state index contributed by atoms with van der Waals surface area (Å²) in [7, 11) is -3.89. The van der Waals surface area contributed by atoms with E-state index < -0.39 is 28.5 Å². The van der Waals surface area contributed by atoms with E-state index in [1.165, 1.54) is 4.90 Å². The maximum atomic E-state index is 13.9. The average Bonchev–Trinajstić information content (AvgIpc) is 2.93. The third kappa shape index (κ3) is 8.86. The maximum Gasteiger partial charge on any atom is 0.244 e. The van der Waals surface area contributed by atoms with Crippen LogP contribution in [-0.4, -0.2) is 50.0 Å². The minimum absolute atomic E-state index is 0.0781. The van der Waals surface area contributed by atoms with E-state index in [2.05, 4.69) is 5.32 Å². The Hall–Kier alpha value is -3.27. The smallest absolute Gasteiger partial charge is 0.244 e. The lowest BCUT2D eigenvalue weighted by Gasteiger charge is -2.33. The van der Waals surface area contributed by atoms with Gasteiger partial charge in [0.2, 0.25) is 21.8 Å². The van der Waals surface area contributed by atoms with Crippen molar-refractivity contribution in [3.8, 4) is 11.5 Å².